The van der Waals surface area contributed by atoms with Crippen LogP contribution >= 0.6 is 15.9 Å². The van der Waals surface area contributed by atoms with Crippen molar-refractivity contribution in [2.24, 2.45) is 5.73 Å². The van der Waals surface area contributed by atoms with Gasteiger partial charge in [-0.05, 0) is 50.4 Å². The minimum absolute atomic E-state index is 0.424. The molecule has 112 valence electrons. The number of likely N-dealkylation sites (tertiary alicyclic amines) is 1. The lowest BCUT2D eigenvalue weighted by Crippen LogP contribution is -2.38. The Hall–Kier alpha value is -0.420. The number of hydrogen-bond acceptors (Lipinski definition) is 3. The van der Waals surface area contributed by atoms with Gasteiger partial charge in [-0.3, -0.25) is 4.90 Å². The van der Waals surface area contributed by atoms with E-state index in [4.69, 9.17) is 10.5 Å². The van der Waals surface area contributed by atoms with Gasteiger partial charge in [-0.25, -0.2) is 0 Å². The first-order chi connectivity index (χ1) is 9.70. The van der Waals surface area contributed by atoms with E-state index in [0.717, 1.165) is 50.0 Å². The number of halogens is 1. The molecular formula is C16H25BrN2O. The van der Waals surface area contributed by atoms with Gasteiger partial charge in [0.2, 0.25) is 0 Å². The quantitative estimate of drug-likeness (QED) is 0.807. The molecule has 1 heterocycles. The van der Waals surface area contributed by atoms with Gasteiger partial charge in [0.25, 0.3) is 0 Å². The van der Waals surface area contributed by atoms with Gasteiger partial charge in [0.1, 0.15) is 0 Å². The predicted octanol–water partition coefficient (Wildman–Crippen LogP) is 3.34. The summed E-state index contributed by atoms with van der Waals surface area (Å²) in [6, 6.07) is 9.08. The molecule has 1 aromatic rings. The van der Waals surface area contributed by atoms with E-state index in [-0.39, 0.29) is 0 Å². The molecule has 3 nitrogen and oxygen atoms in total. The number of piperidine rings is 1. The molecule has 0 aromatic heterocycles. The van der Waals surface area contributed by atoms with Crippen molar-refractivity contribution in [3.05, 3.63) is 34.3 Å². The van der Waals surface area contributed by atoms with E-state index >= 15 is 0 Å². The third-order valence-electron chi connectivity index (χ3n) is 4.06. The Morgan fingerprint density at radius 3 is 2.80 bits per heavy atom. The van der Waals surface area contributed by atoms with E-state index in [2.05, 4.69) is 52.0 Å². The Balaban J connectivity index is 1.81. The summed E-state index contributed by atoms with van der Waals surface area (Å²) in [5.74, 6) is 0. The summed E-state index contributed by atoms with van der Waals surface area (Å²) in [7, 11) is 0. The van der Waals surface area contributed by atoms with Crippen LogP contribution in [0, 0.1) is 0 Å². The molecule has 0 bridgehead atoms. The molecule has 1 aliphatic rings. The molecule has 1 fully saturated rings. The van der Waals surface area contributed by atoms with Crippen LogP contribution < -0.4 is 5.73 Å². The average Bonchev–Trinajstić information content (AvgIpc) is 2.47. The average molecular weight is 341 g/mol. The third-order valence-corrected chi connectivity index (χ3v) is 4.55. The number of benzene rings is 1. The van der Waals surface area contributed by atoms with Gasteiger partial charge in [0, 0.05) is 30.2 Å². The minimum Gasteiger partial charge on any atom is -0.378 e. The molecule has 1 aromatic carbocycles. The van der Waals surface area contributed by atoms with Crippen molar-refractivity contribution in [1.82, 2.24) is 4.90 Å². The van der Waals surface area contributed by atoms with Gasteiger partial charge in [-0.15, -0.1) is 0 Å². The van der Waals surface area contributed by atoms with Gasteiger partial charge in [0.15, 0.2) is 0 Å². The van der Waals surface area contributed by atoms with Crippen molar-refractivity contribution in [2.45, 2.75) is 38.3 Å². The Kier molecular flexibility index (Phi) is 6.49. The number of ether oxygens (including phenoxy) is 1. The third kappa shape index (κ3) is 4.55. The molecule has 1 saturated heterocycles. The molecule has 0 aliphatic carbocycles. The van der Waals surface area contributed by atoms with Crippen molar-refractivity contribution in [2.75, 3.05) is 26.2 Å². The van der Waals surface area contributed by atoms with E-state index in [1.165, 1.54) is 5.56 Å². The highest BCUT2D eigenvalue weighted by atomic mass is 79.9. The van der Waals surface area contributed by atoms with Gasteiger partial charge >= 0.3 is 0 Å². The van der Waals surface area contributed by atoms with Crippen molar-refractivity contribution >= 4 is 15.9 Å². The van der Waals surface area contributed by atoms with E-state index in [1.807, 2.05) is 0 Å². The zero-order valence-electron chi connectivity index (χ0n) is 12.2. The number of nitrogens with zero attached hydrogens (tertiary/aromatic N) is 1. The summed E-state index contributed by atoms with van der Waals surface area (Å²) < 4.78 is 7.02. The monoisotopic (exact) mass is 340 g/mol. The normalized spacial score (nSPS) is 19.1. The van der Waals surface area contributed by atoms with Crippen LogP contribution in [0.4, 0.5) is 0 Å². The molecule has 0 saturated carbocycles. The highest BCUT2D eigenvalue weighted by Crippen LogP contribution is 2.26. The maximum absolute atomic E-state index is 5.86. The molecule has 0 spiro atoms. The van der Waals surface area contributed by atoms with Crippen LogP contribution in [-0.2, 0) is 4.74 Å². The van der Waals surface area contributed by atoms with Crippen LogP contribution in [0.2, 0.25) is 0 Å². The second-order valence-electron chi connectivity index (χ2n) is 5.48. The van der Waals surface area contributed by atoms with Crippen LogP contribution in [0.15, 0.2) is 28.7 Å². The Morgan fingerprint density at radius 2 is 2.15 bits per heavy atom. The van der Waals surface area contributed by atoms with Gasteiger partial charge in [-0.2, -0.15) is 0 Å². The van der Waals surface area contributed by atoms with Gasteiger partial charge < -0.3 is 10.5 Å². The summed E-state index contributed by atoms with van der Waals surface area (Å²) in [6.07, 6.45) is 3.65. The van der Waals surface area contributed by atoms with Gasteiger partial charge in [-0.1, -0.05) is 28.1 Å². The molecule has 2 rings (SSSR count). The fourth-order valence-electron chi connectivity index (χ4n) is 2.74. The molecule has 1 atom stereocenters. The molecule has 2 N–H and O–H groups in total. The molecule has 0 amide bonds. The van der Waals surface area contributed by atoms with Crippen LogP contribution in [0.1, 0.15) is 37.8 Å². The lowest BCUT2D eigenvalue weighted by molar-refractivity contribution is -0.000751. The second-order valence-corrected chi connectivity index (χ2v) is 6.40. The second kappa shape index (κ2) is 8.13. The standard InChI is InChI=1S/C16H25BrN2O/c1-13(14-4-2-5-15(17)12-14)19-9-6-16(7-10-19)20-11-3-8-18/h2,4-5,12-13,16H,3,6-11,18H2,1H3. The van der Waals surface area contributed by atoms with E-state index in [9.17, 15) is 0 Å². The molecular weight excluding hydrogens is 316 g/mol. The first-order valence-corrected chi connectivity index (χ1v) is 8.31. The SMILES string of the molecule is CC(c1cccc(Br)c1)N1CCC(OCCCN)CC1. The van der Waals surface area contributed by atoms with Crippen molar-refractivity contribution < 1.29 is 4.74 Å². The maximum atomic E-state index is 5.86. The lowest BCUT2D eigenvalue weighted by Gasteiger charge is -2.36. The Morgan fingerprint density at radius 1 is 1.40 bits per heavy atom. The van der Waals surface area contributed by atoms with Crippen molar-refractivity contribution in [1.29, 1.82) is 0 Å². The Bertz CT molecular complexity index is 405. The molecule has 4 heteroatoms. The predicted molar refractivity (Wildman–Crippen MR) is 86.8 cm³/mol. The molecule has 1 unspecified atom stereocenters. The summed E-state index contributed by atoms with van der Waals surface area (Å²) in [5.41, 5.74) is 6.87. The largest absolute Gasteiger partial charge is 0.378 e. The van der Waals surface area contributed by atoms with E-state index in [0.29, 0.717) is 12.1 Å². The van der Waals surface area contributed by atoms with Crippen LogP contribution in [-0.4, -0.2) is 37.2 Å². The molecule has 20 heavy (non-hydrogen) atoms. The summed E-state index contributed by atoms with van der Waals surface area (Å²) >= 11 is 3.55. The van der Waals surface area contributed by atoms with Gasteiger partial charge in [0.05, 0.1) is 6.10 Å². The zero-order valence-corrected chi connectivity index (χ0v) is 13.8. The lowest BCUT2D eigenvalue weighted by atomic mass is 10.0. The van der Waals surface area contributed by atoms with Crippen LogP contribution in [0.5, 0.6) is 0 Å². The Labute approximate surface area is 130 Å². The maximum Gasteiger partial charge on any atom is 0.0599 e. The summed E-state index contributed by atoms with van der Waals surface area (Å²) in [6.45, 7) is 6.04. The van der Waals surface area contributed by atoms with Crippen LogP contribution in [0.25, 0.3) is 0 Å². The molecule has 1 aliphatic heterocycles. The van der Waals surface area contributed by atoms with E-state index < -0.39 is 0 Å². The summed E-state index contributed by atoms with van der Waals surface area (Å²) in [5, 5.41) is 0. The smallest absolute Gasteiger partial charge is 0.0599 e. The first-order valence-electron chi connectivity index (χ1n) is 7.52. The zero-order chi connectivity index (χ0) is 14.4. The minimum atomic E-state index is 0.424. The number of hydrogen-bond donors (Lipinski definition) is 1. The fourth-order valence-corrected chi connectivity index (χ4v) is 3.16. The number of rotatable bonds is 6. The van der Waals surface area contributed by atoms with Crippen molar-refractivity contribution in [3.63, 3.8) is 0 Å². The first kappa shape index (κ1) is 16.0. The van der Waals surface area contributed by atoms with Crippen LogP contribution in [0.3, 0.4) is 0 Å². The van der Waals surface area contributed by atoms with Crippen molar-refractivity contribution in [3.8, 4) is 0 Å². The fraction of sp³-hybridized carbons (Fsp3) is 0.625. The van der Waals surface area contributed by atoms with E-state index in [1.54, 1.807) is 0 Å². The highest BCUT2D eigenvalue weighted by molar-refractivity contribution is 9.10. The number of nitrogens with two attached hydrogens (primary N) is 1. The summed E-state index contributed by atoms with van der Waals surface area (Å²) in [4.78, 5) is 2.55. The molecule has 0 radical (unpaired) electrons. The topological polar surface area (TPSA) is 38.5 Å². The highest BCUT2D eigenvalue weighted by Gasteiger charge is 2.23.